The second kappa shape index (κ2) is 8.90. The number of aromatic nitrogens is 1. The quantitative estimate of drug-likeness (QED) is 0.646. The summed E-state index contributed by atoms with van der Waals surface area (Å²) in [5, 5.41) is 5.35. The van der Waals surface area contributed by atoms with Crippen LogP contribution in [-0.4, -0.2) is 54.8 Å². The molecule has 1 aliphatic heterocycles. The Labute approximate surface area is 180 Å². The lowest BCUT2D eigenvalue weighted by atomic mass is 10.2. The molecule has 0 bridgehead atoms. The number of nitrogens with one attached hydrogen (secondary N) is 2. The van der Waals surface area contributed by atoms with E-state index in [0.717, 1.165) is 4.31 Å². The molecule has 1 aromatic carbocycles. The van der Waals surface area contributed by atoms with Crippen LogP contribution in [0.25, 0.3) is 0 Å². The number of hydrogen-bond donors (Lipinski definition) is 2. The molecule has 1 aliphatic rings. The first-order valence-electron chi connectivity index (χ1n) is 9.58. The normalized spacial score (nSPS) is 16.7. The second-order valence-electron chi connectivity index (χ2n) is 7.19. The van der Waals surface area contributed by atoms with Crippen LogP contribution in [0.5, 0.6) is 0 Å². The van der Waals surface area contributed by atoms with Crippen LogP contribution in [0.4, 0.5) is 11.4 Å². The molecule has 2 aromatic rings. The van der Waals surface area contributed by atoms with Crippen molar-refractivity contribution in [3.05, 3.63) is 42.2 Å². The molecule has 3 rings (SSSR count). The van der Waals surface area contributed by atoms with Crippen LogP contribution >= 0.6 is 0 Å². The largest absolute Gasteiger partial charge is 0.464 e. The number of hydrogen-bond acceptors (Lipinski definition) is 6. The van der Waals surface area contributed by atoms with Gasteiger partial charge in [-0.3, -0.25) is 9.59 Å². The molecule has 1 aromatic heterocycles. The van der Waals surface area contributed by atoms with E-state index in [1.54, 1.807) is 31.3 Å². The molecule has 2 heterocycles. The molecule has 166 valence electrons. The lowest BCUT2D eigenvalue weighted by molar-refractivity contribution is -0.119. The lowest BCUT2D eigenvalue weighted by Crippen LogP contribution is -2.43. The zero-order valence-electron chi connectivity index (χ0n) is 17.4. The number of amides is 2. The number of sulfonamides is 1. The third-order valence-electron chi connectivity index (χ3n) is 4.96. The van der Waals surface area contributed by atoms with Crippen molar-refractivity contribution in [2.24, 2.45) is 7.05 Å². The van der Waals surface area contributed by atoms with Crippen molar-refractivity contribution < 1.29 is 27.5 Å². The monoisotopic (exact) mass is 448 g/mol. The molecule has 1 saturated heterocycles. The molecule has 1 fully saturated rings. The molecule has 0 spiro atoms. The predicted octanol–water partition coefficient (Wildman–Crippen LogP) is 1.56. The lowest BCUT2D eigenvalue weighted by Gasteiger charge is -2.23. The van der Waals surface area contributed by atoms with E-state index < -0.39 is 27.9 Å². The minimum absolute atomic E-state index is 0.0743. The van der Waals surface area contributed by atoms with Crippen molar-refractivity contribution in [1.29, 1.82) is 0 Å². The fourth-order valence-corrected chi connectivity index (χ4v) is 5.20. The summed E-state index contributed by atoms with van der Waals surface area (Å²) in [7, 11) is -1.23. The highest BCUT2D eigenvalue weighted by molar-refractivity contribution is 7.89. The number of anilines is 2. The number of nitrogens with zero attached hydrogens (tertiary/aromatic N) is 2. The van der Waals surface area contributed by atoms with Crippen molar-refractivity contribution >= 4 is 39.2 Å². The van der Waals surface area contributed by atoms with Gasteiger partial charge in [-0.1, -0.05) is 0 Å². The van der Waals surface area contributed by atoms with Gasteiger partial charge < -0.3 is 19.9 Å². The van der Waals surface area contributed by atoms with E-state index >= 15 is 0 Å². The fourth-order valence-electron chi connectivity index (χ4n) is 3.47. The predicted molar refractivity (Wildman–Crippen MR) is 113 cm³/mol. The van der Waals surface area contributed by atoms with E-state index in [9.17, 15) is 22.8 Å². The Bertz CT molecular complexity index is 1110. The first-order valence-corrected chi connectivity index (χ1v) is 11.0. The highest BCUT2D eigenvalue weighted by atomic mass is 32.2. The van der Waals surface area contributed by atoms with Gasteiger partial charge in [0.05, 0.1) is 7.11 Å². The summed E-state index contributed by atoms with van der Waals surface area (Å²) in [6.45, 7) is 1.59. The van der Waals surface area contributed by atoms with E-state index in [2.05, 4.69) is 15.4 Å². The summed E-state index contributed by atoms with van der Waals surface area (Å²) >= 11 is 0. The van der Waals surface area contributed by atoms with Gasteiger partial charge in [0.1, 0.15) is 16.6 Å². The molecule has 0 saturated carbocycles. The first kappa shape index (κ1) is 22.5. The number of aryl methyl sites for hydroxylation is 1. The number of carbonyl (C=O) groups is 3. The van der Waals surface area contributed by atoms with Crippen LogP contribution in [0.3, 0.4) is 0 Å². The van der Waals surface area contributed by atoms with Crippen LogP contribution in [0.1, 0.15) is 30.3 Å². The van der Waals surface area contributed by atoms with Crippen molar-refractivity contribution in [2.75, 3.05) is 24.3 Å². The molecular formula is C20H24N4O6S. The van der Waals surface area contributed by atoms with Crippen molar-refractivity contribution in [2.45, 2.75) is 30.7 Å². The fraction of sp³-hybridized carbons (Fsp3) is 0.350. The Hall–Kier alpha value is -3.18. The molecule has 11 heteroatoms. The molecule has 0 aliphatic carbocycles. The van der Waals surface area contributed by atoms with Gasteiger partial charge >= 0.3 is 5.97 Å². The van der Waals surface area contributed by atoms with Crippen LogP contribution < -0.4 is 10.6 Å². The molecule has 2 amide bonds. The number of ether oxygens (including phenoxy) is 1. The molecule has 10 nitrogen and oxygen atoms in total. The summed E-state index contributed by atoms with van der Waals surface area (Å²) in [6.07, 6.45) is 2.25. The van der Waals surface area contributed by atoms with Crippen LogP contribution in [-0.2, 0) is 31.4 Å². The number of rotatable bonds is 6. The van der Waals surface area contributed by atoms with E-state index in [4.69, 9.17) is 0 Å². The summed E-state index contributed by atoms with van der Waals surface area (Å²) in [5.74, 6) is -1.31. The Kier molecular flexibility index (Phi) is 6.46. The van der Waals surface area contributed by atoms with E-state index in [1.807, 2.05) is 0 Å². The maximum Gasteiger partial charge on any atom is 0.354 e. The third kappa shape index (κ3) is 4.78. The van der Waals surface area contributed by atoms with Crippen molar-refractivity contribution in [3.8, 4) is 0 Å². The van der Waals surface area contributed by atoms with E-state index in [1.165, 1.54) is 30.9 Å². The number of carbonyl (C=O) groups excluding carboxylic acids is 3. The standard InChI is InChI=1S/C20H24N4O6S/c1-13(25)21-14-6-8-15(9-7-14)22-19(26)17-5-4-10-24(17)31(28,29)16-11-18(20(27)30-3)23(2)12-16/h6-9,11-12,17H,4-5,10H2,1-3H3,(H,21,25)(H,22,26)/t17-/m0/s1. The number of esters is 1. The van der Waals surface area contributed by atoms with Gasteiger partial charge in [0.25, 0.3) is 0 Å². The Balaban J connectivity index is 1.77. The summed E-state index contributed by atoms with van der Waals surface area (Å²) < 4.78 is 33.5. The van der Waals surface area contributed by atoms with Crippen LogP contribution in [0.2, 0.25) is 0 Å². The van der Waals surface area contributed by atoms with Gasteiger partial charge in [-0.2, -0.15) is 4.31 Å². The average Bonchev–Trinajstić information content (AvgIpc) is 3.36. The summed E-state index contributed by atoms with van der Waals surface area (Å²) in [5.41, 5.74) is 1.16. The first-order chi connectivity index (χ1) is 14.6. The topological polar surface area (TPSA) is 127 Å². The minimum atomic E-state index is -3.99. The highest BCUT2D eigenvalue weighted by Gasteiger charge is 2.40. The zero-order valence-corrected chi connectivity index (χ0v) is 18.2. The second-order valence-corrected chi connectivity index (χ2v) is 9.08. The van der Waals surface area contributed by atoms with Gasteiger partial charge in [0, 0.05) is 38.1 Å². The Morgan fingerprint density at radius 1 is 1.10 bits per heavy atom. The number of benzene rings is 1. The highest BCUT2D eigenvalue weighted by Crippen LogP contribution is 2.28. The minimum Gasteiger partial charge on any atom is -0.464 e. The van der Waals surface area contributed by atoms with E-state index in [0.29, 0.717) is 24.2 Å². The SMILES string of the molecule is COC(=O)c1cc(S(=O)(=O)N2CCC[C@H]2C(=O)Nc2ccc(NC(C)=O)cc2)cn1C. The Morgan fingerprint density at radius 2 is 1.71 bits per heavy atom. The average molecular weight is 449 g/mol. The van der Waals surface area contributed by atoms with E-state index in [-0.39, 0.29) is 23.0 Å². The van der Waals surface area contributed by atoms with Gasteiger partial charge in [-0.15, -0.1) is 0 Å². The molecule has 0 unspecified atom stereocenters. The molecule has 2 N–H and O–H groups in total. The smallest absolute Gasteiger partial charge is 0.354 e. The third-order valence-corrected chi connectivity index (χ3v) is 6.83. The molecule has 1 atom stereocenters. The maximum absolute atomic E-state index is 13.2. The van der Waals surface area contributed by atoms with Gasteiger partial charge in [0.2, 0.25) is 21.8 Å². The van der Waals surface area contributed by atoms with Gasteiger partial charge in [0.15, 0.2) is 0 Å². The molecular weight excluding hydrogens is 424 g/mol. The summed E-state index contributed by atoms with van der Waals surface area (Å²) in [4.78, 5) is 35.7. The molecule has 0 radical (unpaired) electrons. The zero-order chi connectivity index (χ0) is 22.8. The van der Waals surface area contributed by atoms with Crippen molar-refractivity contribution in [3.63, 3.8) is 0 Å². The molecule has 31 heavy (non-hydrogen) atoms. The van der Waals surface area contributed by atoms with Gasteiger partial charge in [-0.05, 0) is 43.2 Å². The Morgan fingerprint density at radius 3 is 2.29 bits per heavy atom. The van der Waals surface area contributed by atoms with Crippen molar-refractivity contribution in [1.82, 2.24) is 8.87 Å². The van der Waals surface area contributed by atoms with Gasteiger partial charge in [-0.25, -0.2) is 13.2 Å². The van der Waals surface area contributed by atoms with Crippen LogP contribution in [0, 0.1) is 0 Å². The van der Waals surface area contributed by atoms with Crippen LogP contribution in [0.15, 0.2) is 41.4 Å². The maximum atomic E-state index is 13.2. The number of methoxy groups -OCH3 is 1. The summed E-state index contributed by atoms with van der Waals surface area (Å²) in [6, 6.07) is 6.89.